The van der Waals surface area contributed by atoms with Gasteiger partial charge in [0.2, 0.25) is 0 Å². The van der Waals surface area contributed by atoms with E-state index in [1.165, 1.54) is 0 Å². The van der Waals surface area contributed by atoms with Crippen molar-refractivity contribution in [2.75, 3.05) is 18.5 Å². The van der Waals surface area contributed by atoms with E-state index in [9.17, 15) is 14.4 Å². The maximum absolute atomic E-state index is 11.7. The fourth-order valence-electron chi connectivity index (χ4n) is 2.22. The van der Waals surface area contributed by atoms with Crippen molar-refractivity contribution in [2.24, 2.45) is 0 Å². The average Bonchev–Trinajstić information content (AvgIpc) is 2.89. The summed E-state index contributed by atoms with van der Waals surface area (Å²) in [6.07, 6.45) is 1.64. The largest absolute Gasteiger partial charge is 0.481 e. The molecule has 0 aliphatic rings. The summed E-state index contributed by atoms with van der Waals surface area (Å²) in [5.74, 6) is -1.28. The Balaban J connectivity index is 2.00. The van der Waals surface area contributed by atoms with Crippen LogP contribution >= 0.6 is 0 Å². The molecule has 0 unspecified atom stereocenters. The van der Waals surface area contributed by atoms with Gasteiger partial charge in [-0.15, -0.1) is 0 Å². The second-order valence-corrected chi connectivity index (χ2v) is 5.05. The van der Waals surface area contributed by atoms with E-state index in [0.717, 1.165) is 10.9 Å². The minimum Gasteiger partial charge on any atom is -0.481 e. The third kappa shape index (κ3) is 4.73. The molecule has 0 aliphatic carbocycles. The summed E-state index contributed by atoms with van der Waals surface area (Å²) >= 11 is 0. The maximum Gasteiger partial charge on any atom is 0.325 e. The first-order valence-electron chi connectivity index (χ1n) is 7.50. The van der Waals surface area contributed by atoms with Crippen molar-refractivity contribution in [1.29, 1.82) is 0 Å². The predicted molar refractivity (Wildman–Crippen MR) is 87.8 cm³/mol. The molecule has 1 heterocycles. The van der Waals surface area contributed by atoms with E-state index in [2.05, 4.69) is 10.6 Å². The van der Waals surface area contributed by atoms with E-state index in [0.29, 0.717) is 12.3 Å². The van der Waals surface area contributed by atoms with Crippen LogP contribution < -0.4 is 10.6 Å². The van der Waals surface area contributed by atoms with Gasteiger partial charge in [-0.3, -0.25) is 9.59 Å². The van der Waals surface area contributed by atoms with Crippen LogP contribution in [0.25, 0.3) is 10.9 Å². The first kappa shape index (κ1) is 17.3. The number of urea groups is 1. The van der Waals surface area contributed by atoms with E-state index in [1.54, 1.807) is 35.9 Å². The molecule has 8 heteroatoms. The van der Waals surface area contributed by atoms with Crippen molar-refractivity contribution in [3.8, 4) is 0 Å². The number of aliphatic carboxylic acids is 1. The fraction of sp³-hybridized carbons (Fsp3) is 0.312. The van der Waals surface area contributed by atoms with Gasteiger partial charge in [0, 0.05) is 29.3 Å². The third-order valence-corrected chi connectivity index (χ3v) is 3.26. The van der Waals surface area contributed by atoms with E-state index in [4.69, 9.17) is 9.84 Å². The molecule has 24 heavy (non-hydrogen) atoms. The number of anilines is 1. The number of hydrogen-bond donors (Lipinski definition) is 3. The third-order valence-electron chi connectivity index (χ3n) is 3.26. The normalized spacial score (nSPS) is 10.4. The highest BCUT2D eigenvalue weighted by atomic mass is 16.5. The van der Waals surface area contributed by atoms with Crippen molar-refractivity contribution in [3.05, 3.63) is 30.5 Å². The molecule has 2 amide bonds. The van der Waals surface area contributed by atoms with Crippen molar-refractivity contribution in [3.63, 3.8) is 0 Å². The summed E-state index contributed by atoms with van der Waals surface area (Å²) in [7, 11) is 0. The average molecular weight is 333 g/mol. The number of amides is 2. The SMILES string of the molecule is CCOC(=O)Cn1ccc2cc(NC(=O)NCCC(=O)O)ccc21. The molecule has 2 rings (SSSR count). The molecule has 3 N–H and O–H groups in total. The fourth-order valence-corrected chi connectivity index (χ4v) is 2.22. The number of hydrogen-bond acceptors (Lipinski definition) is 4. The molecule has 128 valence electrons. The molecule has 1 aromatic carbocycles. The summed E-state index contributed by atoms with van der Waals surface area (Å²) < 4.78 is 6.70. The Kier molecular flexibility index (Phi) is 5.78. The molecule has 0 aliphatic heterocycles. The van der Waals surface area contributed by atoms with Crippen molar-refractivity contribution >= 4 is 34.6 Å². The zero-order valence-corrected chi connectivity index (χ0v) is 13.2. The van der Waals surface area contributed by atoms with Gasteiger partial charge in [0.05, 0.1) is 13.0 Å². The first-order chi connectivity index (χ1) is 11.5. The number of benzene rings is 1. The van der Waals surface area contributed by atoms with Crippen LogP contribution in [0.2, 0.25) is 0 Å². The summed E-state index contributed by atoms with van der Waals surface area (Å²) in [5, 5.41) is 14.5. The Morgan fingerprint density at radius 2 is 2.04 bits per heavy atom. The van der Waals surface area contributed by atoms with Gasteiger partial charge in [0.1, 0.15) is 6.54 Å². The van der Waals surface area contributed by atoms with E-state index in [1.807, 2.05) is 6.07 Å². The highest BCUT2D eigenvalue weighted by Crippen LogP contribution is 2.20. The standard InChI is InChI=1S/C16H19N3O5/c1-2-24-15(22)10-19-8-6-11-9-12(3-4-13(11)19)18-16(23)17-7-5-14(20)21/h3-4,6,8-9H,2,5,7,10H2,1H3,(H,20,21)(H2,17,18,23). The van der Waals surface area contributed by atoms with Gasteiger partial charge < -0.3 is 25.0 Å². The molecule has 0 spiro atoms. The second kappa shape index (κ2) is 8.00. The highest BCUT2D eigenvalue weighted by Gasteiger charge is 2.08. The first-order valence-corrected chi connectivity index (χ1v) is 7.50. The summed E-state index contributed by atoms with van der Waals surface area (Å²) in [6, 6.07) is 6.64. The number of ether oxygens (including phenoxy) is 1. The van der Waals surface area contributed by atoms with Crippen LogP contribution in [0.4, 0.5) is 10.5 Å². The van der Waals surface area contributed by atoms with Crippen LogP contribution in [0, 0.1) is 0 Å². The van der Waals surface area contributed by atoms with E-state index >= 15 is 0 Å². The number of aromatic nitrogens is 1. The van der Waals surface area contributed by atoms with Crippen molar-refractivity contribution in [1.82, 2.24) is 9.88 Å². The Morgan fingerprint density at radius 1 is 1.25 bits per heavy atom. The smallest absolute Gasteiger partial charge is 0.325 e. The number of carboxylic acid groups (broad SMARTS) is 1. The molecule has 0 saturated carbocycles. The molecule has 0 bridgehead atoms. The van der Waals surface area contributed by atoms with Gasteiger partial charge in [-0.2, -0.15) is 0 Å². The minimum atomic E-state index is -0.973. The van der Waals surface area contributed by atoms with E-state index in [-0.39, 0.29) is 25.5 Å². The number of nitrogens with one attached hydrogen (secondary N) is 2. The summed E-state index contributed by atoms with van der Waals surface area (Å²) in [6.45, 7) is 2.27. The molecular weight excluding hydrogens is 314 g/mol. The number of fused-ring (bicyclic) bond motifs is 1. The van der Waals surface area contributed by atoms with Crippen molar-refractivity contribution < 1.29 is 24.2 Å². The monoisotopic (exact) mass is 333 g/mol. The molecule has 0 fully saturated rings. The summed E-state index contributed by atoms with van der Waals surface area (Å²) in [5.41, 5.74) is 1.42. The Bertz CT molecular complexity index is 753. The lowest BCUT2D eigenvalue weighted by atomic mass is 10.2. The van der Waals surface area contributed by atoms with Crippen LogP contribution in [0.5, 0.6) is 0 Å². The van der Waals surface area contributed by atoms with Gasteiger partial charge in [-0.1, -0.05) is 0 Å². The van der Waals surface area contributed by atoms with Crippen LogP contribution in [0.15, 0.2) is 30.5 Å². The lowest BCUT2D eigenvalue weighted by Gasteiger charge is -2.08. The second-order valence-electron chi connectivity index (χ2n) is 5.05. The molecule has 8 nitrogen and oxygen atoms in total. The number of carbonyl (C=O) groups is 3. The molecule has 0 radical (unpaired) electrons. The van der Waals surface area contributed by atoms with Crippen LogP contribution in [-0.2, 0) is 20.9 Å². The molecular formula is C16H19N3O5. The van der Waals surface area contributed by atoms with Gasteiger partial charge >= 0.3 is 18.0 Å². The Labute approximate surface area is 138 Å². The molecule has 0 atom stereocenters. The van der Waals surface area contributed by atoms with Crippen molar-refractivity contribution in [2.45, 2.75) is 19.9 Å². The zero-order chi connectivity index (χ0) is 17.5. The van der Waals surface area contributed by atoms with Gasteiger partial charge in [0.15, 0.2) is 0 Å². The summed E-state index contributed by atoms with van der Waals surface area (Å²) in [4.78, 5) is 33.6. The van der Waals surface area contributed by atoms with Gasteiger partial charge in [-0.25, -0.2) is 4.79 Å². The lowest BCUT2D eigenvalue weighted by molar-refractivity contribution is -0.143. The van der Waals surface area contributed by atoms with Crippen LogP contribution in [0.1, 0.15) is 13.3 Å². The quantitative estimate of drug-likeness (QED) is 0.669. The number of esters is 1. The maximum atomic E-state index is 11.7. The van der Waals surface area contributed by atoms with E-state index < -0.39 is 12.0 Å². The topological polar surface area (TPSA) is 110 Å². The van der Waals surface area contributed by atoms with Gasteiger partial charge in [0.25, 0.3) is 0 Å². The highest BCUT2D eigenvalue weighted by molar-refractivity contribution is 5.93. The number of carboxylic acids is 1. The molecule has 2 aromatic rings. The number of carbonyl (C=O) groups excluding carboxylic acids is 2. The Hall–Kier alpha value is -3.03. The lowest BCUT2D eigenvalue weighted by Crippen LogP contribution is -2.30. The molecule has 1 aromatic heterocycles. The van der Waals surface area contributed by atoms with Crippen LogP contribution in [-0.4, -0.2) is 40.8 Å². The predicted octanol–water partition coefficient (Wildman–Crippen LogP) is 1.80. The van der Waals surface area contributed by atoms with Gasteiger partial charge in [-0.05, 0) is 31.2 Å². The Morgan fingerprint density at radius 3 is 2.75 bits per heavy atom. The minimum absolute atomic E-state index is 0.0549. The zero-order valence-electron chi connectivity index (χ0n) is 13.2. The van der Waals surface area contributed by atoms with Crippen LogP contribution in [0.3, 0.4) is 0 Å². The molecule has 0 saturated heterocycles. The number of rotatable bonds is 7. The number of nitrogens with zero attached hydrogens (tertiary/aromatic N) is 1.